The molecule has 0 spiro atoms. The van der Waals surface area contributed by atoms with Crippen LogP contribution in [0.1, 0.15) is 33.3 Å². The molecule has 3 rings (SSSR count). The average Bonchev–Trinajstić information content (AvgIpc) is 3.07. The van der Waals surface area contributed by atoms with Gasteiger partial charge in [0.1, 0.15) is 5.37 Å². The lowest BCUT2D eigenvalue weighted by atomic mass is 10.1. The van der Waals surface area contributed by atoms with Crippen molar-refractivity contribution in [3.63, 3.8) is 0 Å². The van der Waals surface area contributed by atoms with E-state index in [2.05, 4.69) is 5.32 Å². The van der Waals surface area contributed by atoms with Gasteiger partial charge in [-0.15, -0.1) is 11.8 Å². The van der Waals surface area contributed by atoms with Crippen LogP contribution in [-0.4, -0.2) is 42.7 Å². The van der Waals surface area contributed by atoms with E-state index in [0.29, 0.717) is 36.0 Å². The van der Waals surface area contributed by atoms with E-state index >= 15 is 0 Å². The molecule has 0 saturated carbocycles. The minimum atomic E-state index is -0.101. The number of thioether (sulfide) groups is 1. The molecule has 0 aromatic heterocycles. The highest BCUT2D eigenvalue weighted by Crippen LogP contribution is 2.39. The molecule has 0 radical (unpaired) electrons. The first-order chi connectivity index (χ1) is 13.6. The summed E-state index contributed by atoms with van der Waals surface area (Å²) in [6, 6.07) is 15.0. The molecule has 1 fully saturated rings. The molecule has 1 N–H and O–H groups in total. The summed E-state index contributed by atoms with van der Waals surface area (Å²) in [5, 5.41) is 3.50. The predicted octanol–water partition coefficient (Wildman–Crippen LogP) is 3.88. The molecule has 7 heteroatoms. The van der Waals surface area contributed by atoms with Crippen LogP contribution in [0.5, 0.6) is 0 Å². The van der Waals surface area contributed by atoms with Gasteiger partial charge in [-0.25, -0.2) is 0 Å². The van der Waals surface area contributed by atoms with Crippen LogP contribution < -0.4 is 5.32 Å². The van der Waals surface area contributed by atoms with Crippen molar-refractivity contribution in [1.29, 1.82) is 0 Å². The number of halogens is 1. The molecule has 0 unspecified atom stereocenters. The number of carbonyl (C=O) groups excluding carboxylic acids is 2. The number of ether oxygens (including phenoxy) is 1. The monoisotopic (exact) mass is 418 g/mol. The van der Waals surface area contributed by atoms with E-state index in [9.17, 15) is 9.59 Å². The zero-order chi connectivity index (χ0) is 19.9. The zero-order valence-electron chi connectivity index (χ0n) is 15.7. The maximum absolute atomic E-state index is 12.4. The minimum absolute atomic E-state index is 0.0537. The van der Waals surface area contributed by atoms with Crippen LogP contribution in [0.4, 0.5) is 0 Å². The van der Waals surface area contributed by atoms with Crippen LogP contribution in [0, 0.1) is 0 Å². The standard InChI is InChI=1S/C21H23ClN2O3S/c1-27-12-2-11-23-20(26)16-5-7-17(8-6-16)21-24(19(25)14-28-21)13-15-3-9-18(22)10-4-15/h3-10,21H,2,11-14H2,1H3,(H,23,26)/t21-/m1/s1. The van der Waals surface area contributed by atoms with Gasteiger partial charge in [0.05, 0.1) is 5.75 Å². The van der Waals surface area contributed by atoms with Gasteiger partial charge in [0.25, 0.3) is 5.91 Å². The highest BCUT2D eigenvalue weighted by Gasteiger charge is 2.32. The van der Waals surface area contributed by atoms with Crippen LogP contribution in [0.15, 0.2) is 48.5 Å². The molecule has 1 aliphatic rings. The van der Waals surface area contributed by atoms with Gasteiger partial charge in [0, 0.05) is 37.4 Å². The quantitative estimate of drug-likeness (QED) is 0.661. The number of hydrogen-bond acceptors (Lipinski definition) is 4. The maximum Gasteiger partial charge on any atom is 0.251 e. The number of rotatable bonds is 8. The highest BCUT2D eigenvalue weighted by atomic mass is 35.5. The first-order valence-electron chi connectivity index (χ1n) is 9.11. The largest absolute Gasteiger partial charge is 0.385 e. The van der Waals surface area contributed by atoms with Crippen LogP contribution >= 0.6 is 23.4 Å². The lowest BCUT2D eigenvalue weighted by molar-refractivity contribution is -0.128. The summed E-state index contributed by atoms with van der Waals surface area (Å²) in [6.45, 7) is 1.74. The third-order valence-electron chi connectivity index (χ3n) is 4.50. The fourth-order valence-electron chi connectivity index (χ4n) is 3.01. The first kappa shape index (κ1) is 20.7. The Labute approximate surface area is 174 Å². The number of carbonyl (C=O) groups is 2. The van der Waals surface area contributed by atoms with Gasteiger partial charge in [0.15, 0.2) is 0 Å². The lowest BCUT2D eigenvalue weighted by Crippen LogP contribution is -2.28. The summed E-state index contributed by atoms with van der Waals surface area (Å²) < 4.78 is 4.98. The Bertz CT molecular complexity index is 811. The molecular weight excluding hydrogens is 396 g/mol. The molecule has 2 aromatic carbocycles. The van der Waals surface area contributed by atoms with E-state index in [0.717, 1.165) is 17.5 Å². The maximum atomic E-state index is 12.4. The predicted molar refractivity (Wildman–Crippen MR) is 112 cm³/mol. The molecule has 1 saturated heterocycles. The van der Waals surface area contributed by atoms with Gasteiger partial charge in [-0.05, 0) is 41.8 Å². The number of nitrogens with one attached hydrogen (secondary N) is 1. The topological polar surface area (TPSA) is 58.6 Å². The summed E-state index contributed by atoms with van der Waals surface area (Å²) in [5.74, 6) is 0.473. The van der Waals surface area contributed by atoms with Gasteiger partial charge in [-0.3, -0.25) is 9.59 Å². The second kappa shape index (κ2) is 9.96. The molecule has 148 valence electrons. The Morgan fingerprint density at radius 1 is 1.21 bits per heavy atom. The van der Waals surface area contributed by atoms with Gasteiger partial charge >= 0.3 is 0 Å². The highest BCUT2D eigenvalue weighted by molar-refractivity contribution is 8.00. The zero-order valence-corrected chi connectivity index (χ0v) is 17.3. The van der Waals surface area contributed by atoms with E-state index in [1.54, 1.807) is 18.9 Å². The number of methoxy groups -OCH3 is 1. The SMILES string of the molecule is COCCCNC(=O)c1ccc([C@H]2SCC(=O)N2Cc2ccc(Cl)cc2)cc1. The molecule has 0 bridgehead atoms. The number of nitrogens with zero attached hydrogens (tertiary/aromatic N) is 1. The third-order valence-corrected chi connectivity index (χ3v) is 6.01. The molecular formula is C21H23ClN2O3S. The molecule has 2 amide bonds. The van der Waals surface area contributed by atoms with Gasteiger partial charge < -0.3 is 15.0 Å². The van der Waals surface area contributed by atoms with Crippen molar-refractivity contribution in [2.45, 2.75) is 18.3 Å². The lowest BCUT2D eigenvalue weighted by Gasteiger charge is -2.24. The van der Waals surface area contributed by atoms with E-state index in [-0.39, 0.29) is 17.2 Å². The molecule has 1 aliphatic heterocycles. The number of benzene rings is 2. The van der Waals surface area contributed by atoms with Crippen molar-refractivity contribution < 1.29 is 14.3 Å². The van der Waals surface area contributed by atoms with E-state index in [1.165, 1.54) is 0 Å². The molecule has 0 aliphatic carbocycles. The van der Waals surface area contributed by atoms with Crippen molar-refractivity contribution in [3.05, 3.63) is 70.2 Å². The summed E-state index contributed by atoms with van der Waals surface area (Å²) >= 11 is 7.55. The second-order valence-corrected chi connectivity index (χ2v) is 8.04. The summed E-state index contributed by atoms with van der Waals surface area (Å²) in [4.78, 5) is 26.4. The smallest absolute Gasteiger partial charge is 0.251 e. The molecule has 28 heavy (non-hydrogen) atoms. The third kappa shape index (κ3) is 5.28. The van der Waals surface area contributed by atoms with Crippen molar-refractivity contribution in [1.82, 2.24) is 10.2 Å². The fraction of sp³-hybridized carbons (Fsp3) is 0.333. The fourth-order valence-corrected chi connectivity index (χ4v) is 4.32. The van der Waals surface area contributed by atoms with Gasteiger partial charge in [0.2, 0.25) is 5.91 Å². The summed E-state index contributed by atoms with van der Waals surface area (Å²) in [7, 11) is 1.64. The second-order valence-electron chi connectivity index (χ2n) is 6.54. The molecule has 1 atom stereocenters. The number of hydrogen-bond donors (Lipinski definition) is 1. The van der Waals surface area contributed by atoms with E-state index in [1.807, 2.05) is 53.4 Å². The van der Waals surface area contributed by atoms with Crippen molar-refractivity contribution in [2.75, 3.05) is 26.0 Å². The Hall–Kier alpha value is -2.02. The molecule has 5 nitrogen and oxygen atoms in total. The van der Waals surface area contributed by atoms with Crippen molar-refractivity contribution in [3.8, 4) is 0 Å². The van der Waals surface area contributed by atoms with Crippen LogP contribution in [0.3, 0.4) is 0 Å². The normalized spacial score (nSPS) is 16.4. The summed E-state index contributed by atoms with van der Waals surface area (Å²) in [6.07, 6.45) is 0.779. The Balaban J connectivity index is 1.65. The van der Waals surface area contributed by atoms with E-state index in [4.69, 9.17) is 16.3 Å². The summed E-state index contributed by atoms with van der Waals surface area (Å²) in [5.41, 5.74) is 2.66. The Kier molecular flexibility index (Phi) is 7.36. The van der Waals surface area contributed by atoms with Crippen LogP contribution in [0.25, 0.3) is 0 Å². The van der Waals surface area contributed by atoms with Crippen molar-refractivity contribution in [2.24, 2.45) is 0 Å². The average molecular weight is 419 g/mol. The first-order valence-corrected chi connectivity index (χ1v) is 10.5. The van der Waals surface area contributed by atoms with Gasteiger partial charge in [-0.1, -0.05) is 35.9 Å². The number of amides is 2. The van der Waals surface area contributed by atoms with Crippen LogP contribution in [0.2, 0.25) is 5.02 Å². The minimum Gasteiger partial charge on any atom is -0.385 e. The Morgan fingerprint density at radius 2 is 1.93 bits per heavy atom. The molecule has 1 heterocycles. The Morgan fingerprint density at radius 3 is 2.61 bits per heavy atom. The van der Waals surface area contributed by atoms with Gasteiger partial charge in [-0.2, -0.15) is 0 Å². The van der Waals surface area contributed by atoms with E-state index < -0.39 is 0 Å². The van der Waals surface area contributed by atoms with Crippen LogP contribution in [-0.2, 0) is 16.1 Å². The molecule has 2 aromatic rings. The van der Waals surface area contributed by atoms with Crippen molar-refractivity contribution >= 4 is 35.2 Å².